The Labute approximate surface area is 235 Å². The van der Waals surface area contributed by atoms with E-state index in [0.29, 0.717) is 36.4 Å². The highest BCUT2D eigenvalue weighted by Gasteiger charge is 2.65. The second kappa shape index (κ2) is 11.1. The van der Waals surface area contributed by atoms with E-state index < -0.39 is 31.6 Å². The van der Waals surface area contributed by atoms with Crippen molar-refractivity contribution >= 4 is 37.5 Å². The molecule has 0 saturated carbocycles. The van der Waals surface area contributed by atoms with Crippen LogP contribution < -0.4 is 10.2 Å². The number of hydrogen-bond donors (Lipinski definition) is 2. The molecule has 2 aromatic rings. The van der Waals surface area contributed by atoms with Gasteiger partial charge in [0.05, 0.1) is 19.1 Å². The molecular formula is C30H38FN3O5Si. The number of hydrogen-bond acceptors (Lipinski definition) is 5. The van der Waals surface area contributed by atoms with Crippen molar-refractivity contribution in [1.29, 1.82) is 0 Å². The molecule has 3 aliphatic rings. The summed E-state index contributed by atoms with van der Waals surface area (Å²) in [6, 6.07) is 14.9. The normalized spacial score (nSPS) is 26.2. The van der Waals surface area contributed by atoms with Gasteiger partial charge in [-0.3, -0.25) is 14.4 Å². The van der Waals surface area contributed by atoms with Crippen LogP contribution in [0.4, 0.5) is 15.5 Å². The van der Waals surface area contributed by atoms with Gasteiger partial charge in [0.2, 0.25) is 20.2 Å². The standard InChI is InChI=1S/C30H38FN3O5Si/c1-20-28(40(2,3)31)25(18-27(37)33(15-16-35)19-21-9-5-4-6-10-21)39-30(20)23-17-22(12-13-24(23)32-29(30)38)34-14-8-7-11-26(34)36/h4-6,9-10,12-13,17,20,25,28,35H,7-8,11,14-16,18-19H2,1-3H3,(H,32,38)/t20-,25+,28-,30+/m0/s1. The number of aliphatic hydroxyl groups excluding tert-OH is 1. The summed E-state index contributed by atoms with van der Waals surface area (Å²) in [5, 5.41) is 12.6. The number of nitrogens with one attached hydrogen (secondary N) is 1. The molecule has 3 amide bonds. The smallest absolute Gasteiger partial charge is 0.261 e. The second-order valence-corrected chi connectivity index (χ2v) is 15.5. The van der Waals surface area contributed by atoms with Crippen LogP contribution in [0, 0.1) is 5.92 Å². The maximum absolute atomic E-state index is 16.0. The second-order valence-electron chi connectivity index (χ2n) is 11.7. The van der Waals surface area contributed by atoms with Crippen LogP contribution in [0.25, 0.3) is 0 Å². The highest BCUT2D eigenvalue weighted by atomic mass is 28.4. The first kappa shape index (κ1) is 28.4. The van der Waals surface area contributed by atoms with Gasteiger partial charge in [-0.05, 0) is 49.7 Å². The first-order chi connectivity index (χ1) is 19.1. The third kappa shape index (κ3) is 5.08. The van der Waals surface area contributed by atoms with Crippen LogP contribution in [0.3, 0.4) is 0 Å². The zero-order valence-electron chi connectivity index (χ0n) is 23.4. The van der Waals surface area contributed by atoms with Gasteiger partial charge in [0.1, 0.15) is 0 Å². The minimum atomic E-state index is -3.44. The number of aliphatic hydroxyl groups is 1. The van der Waals surface area contributed by atoms with Crippen LogP contribution in [-0.4, -0.2) is 61.9 Å². The van der Waals surface area contributed by atoms with E-state index in [4.69, 9.17) is 4.74 Å². The van der Waals surface area contributed by atoms with Crippen molar-refractivity contribution in [3.63, 3.8) is 0 Å². The fourth-order valence-corrected chi connectivity index (χ4v) is 9.31. The lowest BCUT2D eigenvalue weighted by Crippen LogP contribution is -2.42. The SMILES string of the molecule is C[C@H]1[C@H]([Si](C)(C)F)[C@@H](CC(=O)N(CCO)Cc2ccccc2)O[C@]12C(=O)Nc1ccc(N3CCCCC3=O)cc12. The summed E-state index contributed by atoms with van der Waals surface area (Å²) >= 11 is 0. The van der Waals surface area contributed by atoms with Gasteiger partial charge in [-0.15, -0.1) is 0 Å². The van der Waals surface area contributed by atoms with E-state index in [0.717, 1.165) is 18.4 Å². The topological polar surface area (TPSA) is 99.2 Å². The molecule has 3 heterocycles. The van der Waals surface area contributed by atoms with Crippen molar-refractivity contribution in [2.24, 2.45) is 5.92 Å². The van der Waals surface area contributed by atoms with E-state index in [-0.39, 0.29) is 37.3 Å². The number of amides is 3. The van der Waals surface area contributed by atoms with Gasteiger partial charge in [-0.25, -0.2) is 0 Å². The number of piperidine rings is 1. The summed E-state index contributed by atoms with van der Waals surface area (Å²) in [6.45, 7) is 5.89. The summed E-state index contributed by atoms with van der Waals surface area (Å²) in [7, 11) is -3.44. The minimum absolute atomic E-state index is 0.0407. The molecule has 214 valence electrons. The molecule has 0 aliphatic carbocycles. The summed E-state index contributed by atoms with van der Waals surface area (Å²) < 4.78 is 22.6. The van der Waals surface area contributed by atoms with Crippen molar-refractivity contribution in [2.45, 2.75) is 69.5 Å². The monoisotopic (exact) mass is 567 g/mol. The zero-order chi connectivity index (χ0) is 28.7. The Bertz CT molecular complexity index is 1290. The minimum Gasteiger partial charge on any atom is -0.395 e. The zero-order valence-corrected chi connectivity index (χ0v) is 24.4. The summed E-state index contributed by atoms with van der Waals surface area (Å²) in [6.07, 6.45) is 1.32. The van der Waals surface area contributed by atoms with Gasteiger partial charge < -0.3 is 29.1 Å². The number of fused-ring (bicyclic) bond motifs is 2. The van der Waals surface area contributed by atoms with Crippen LogP contribution in [0.1, 0.15) is 43.7 Å². The number of carbonyl (C=O) groups excluding carboxylic acids is 3. The quantitative estimate of drug-likeness (QED) is 0.365. The van der Waals surface area contributed by atoms with Crippen molar-refractivity contribution in [2.75, 3.05) is 29.9 Å². The number of ether oxygens (including phenoxy) is 1. The van der Waals surface area contributed by atoms with Gasteiger partial charge in [0, 0.05) is 54.5 Å². The van der Waals surface area contributed by atoms with E-state index in [1.165, 1.54) is 0 Å². The van der Waals surface area contributed by atoms with Crippen LogP contribution in [0.2, 0.25) is 18.6 Å². The maximum Gasteiger partial charge on any atom is 0.261 e. The Morgan fingerprint density at radius 3 is 2.62 bits per heavy atom. The van der Waals surface area contributed by atoms with Crippen LogP contribution in [-0.2, 0) is 31.3 Å². The van der Waals surface area contributed by atoms with E-state index >= 15 is 4.11 Å². The van der Waals surface area contributed by atoms with Gasteiger partial charge in [0.15, 0.2) is 5.60 Å². The van der Waals surface area contributed by atoms with E-state index in [9.17, 15) is 19.5 Å². The lowest BCUT2D eigenvalue weighted by molar-refractivity contribution is -0.148. The molecule has 0 bridgehead atoms. The van der Waals surface area contributed by atoms with Crippen molar-refractivity contribution in [3.05, 3.63) is 59.7 Å². The number of carbonyl (C=O) groups is 3. The molecule has 0 aromatic heterocycles. The first-order valence-corrected chi connectivity index (χ1v) is 17.1. The van der Waals surface area contributed by atoms with Crippen molar-refractivity contribution in [3.8, 4) is 0 Å². The molecule has 2 aromatic carbocycles. The van der Waals surface area contributed by atoms with E-state index in [1.807, 2.05) is 49.4 Å². The highest BCUT2D eigenvalue weighted by Crippen LogP contribution is 2.59. The predicted molar refractivity (Wildman–Crippen MR) is 153 cm³/mol. The number of anilines is 2. The van der Waals surface area contributed by atoms with E-state index in [2.05, 4.69) is 5.32 Å². The molecule has 10 heteroatoms. The Hall–Kier alpha value is -3.08. The molecule has 0 unspecified atom stereocenters. The maximum atomic E-state index is 16.0. The van der Waals surface area contributed by atoms with Crippen LogP contribution in [0.5, 0.6) is 0 Å². The van der Waals surface area contributed by atoms with Crippen LogP contribution in [0.15, 0.2) is 48.5 Å². The fourth-order valence-electron chi connectivity index (χ4n) is 6.82. The lowest BCUT2D eigenvalue weighted by Gasteiger charge is -2.31. The number of halogens is 1. The Kier molecular flexibility index (Phi) is 7.87. The molecule has 3 aliphatic heterocycles. The molecule has 5 rings (SSSR count). The van der Waals surface area contributed by atoms with Crippen LogP contribution >= 0.6 is 0 Å². The number of nitrogens with zero attached hydrogens (tertiary/aromatic N) is 2. The average molecular weight is 568 g/mol. The fraction of sp³-hybridized carbons (Fsp3) is 0.500. The summed E-state index contributed by atoms with van der Waals surface area (Å²) in [4.78, 5) is 43.2. The predicted octanol–water partition coefficient (Wildman–Crippen LogP) is 4.34. The molecule has 1 spiro atoms. The van der Waals surface area contributed by atoms with Crippen molar-refractivity contribution < 1.29 is 28.3 Å². The van der Waals surface area contributed by atoms with Gasteiger partial charge in [0.25, 0.3) is 5.91 Å². The summed E-state index contributed by atoms with van der Waals surface area (Å²) in [5.74, 6) is -1.13. The third-order valence-electron chi connectivity index (χ3n) is 8.65. The molecule has 2 N–H and O–H groups in total. The van der Waals surface area contributed by atoms with Crippen molar-refractivity contribution in [1.82, 2.24) is 4.90 Å². The highest BCUT2D eigenvalue weighted by molar-refractivity contribution is 6.72. The van der Waals surface area contributed by atoms with E-state index in [1.54, 1.807) is 29.0 Å². The Morgan fingerprint density at radius 2 is 1.95 bits per heavy atom. The van der Waals surface area contributed by atoms with Gasteiger partial charge in [-0.2, -0.15) is 0 Å². The average Bonchev–Trinajstić information content (AvgIpc) is 3.37. The molecule has 40 heavy (non-hydrogen) atoms. The molecule has 4 atom stereocenters. The lowest BCUT2D eigenvalue weighted by atomic mass is 9.82. The third-order valence-corrected chi connectivity index (χ3v) is 11.1. The molecule has 8 nitrogen and oxygen atoms in total. The molecule has 2 saturated heterocycles. The first-order valence-electron chi connectivity index (χ1n) is 14.1. The van der Waals surface area contributed by atoms with Gasteiger partial charge in [-0.1, -0.05) is 37.3 Å². The molecule has 2 fully saturated rings. The number of rotatable bonds is 8. The number of benzene rings is 2. The molecule has 0 radical (unpaired) electrons. The summed E-state index contributed by atoms with van der Waals surface area (Å²) in [5.41, 5.74) is 0.705. The largest absolute Gasteiger partial charge is 0.395 e. The van der Waals surface area contributed by atoms with Gasteiger partial charge >= 0.3 is 0 Å². The Balaban J connectivity index is 1.47. The molecular weight excluding hydrogens is 529 g/mol. The Morgan fingerprint density at radius 1 is 1.20 bits per heavy atom.